The Labute approximate surface area is 142 Å². The van der Waals surface area contributed by atoms with Crippen molar-refractivity contribution in [3.63, 3.8) is 0 Å². The monoisotopic (exact) mass is 344 g/mol. The topological polar surface area (TPSA) is 26.3 Å². The van der Waals surface area contributed by atoms with Crippen molar-refractivity contribution in [2.45, 2.75) is 71.1 Å². The van der Waals surface area contributed by atoms with Crippen LogP contribution in [0.1, 0.15) is 71.1 Å². The average Bonchev–Trinajstić information content (AvgIpc) is 2.54. The Hall–Kier alpha value is -0.660. The van der Waals surface area contributed by atoms with Crippen LogP contribution in [0, 0.1) is 0 Å². The first-order valence-corrected chi connectivity index (χ1v) is 10.6. The van der Waals surface area contributed by atoms with Crippen LogP contribution in [0.2, 0.25) is 0 Å². The Morgan fingerprint density at radius 2 is 1.35 bits per heavy atom. The van der Waals surface area contributed by atoms with E-state index in [0.29, 0.717) is 6.42 Å². The van der Waals surface area contributed by atoms with Gasteiger partial charge in [-0.15, -0.1) is 0 Å². The van der Waals surface area contributed by atoms with Crippen LogP contribution in [-0.2, 0) is 9.09 Å². The van der Waals surface area contributed by atoms with Crippen LogP contribution in [0.15, 0.2) is 36.5 Å². The zero-order valence-electron chi connectivity index (χ0n) is 14.9. The van der Waals surface area contributed by atoms with E-state index in [1.807, 2.05) is 0 Å². The molecule has 0 aromatic heterocycles. The van der Waals surface area contributed by atoms with Gasteiger partial charge in [-0.2, -0.15) is 4.20 Å². The van der Waals surface area contributed by atoms with Gasteiger partial charge in [0.15, 0.2) is 0 Å². The van der Waals surface area contributed by atoms with Crippen LogP contribution in [0.3, 0.4) is 0 Å². The maximum absolute atomic E-state index is 13.0. The lowest BCUT2D eigenvalue weighted by atomic mass is 10.2. The van der Waals surface area contributed by atoms with E-state index in [1.165, 1.54) is 32.8 Å². The van der Waals surface area contributed by atoms with Crippen LogP contribution >= 0.6 is 7.68 Å². The van der Waals surface area contributed by atoms with Gasteiger partial charge >= 0.3 is 7.68 Å². The predicted molar refractivity (Wildman–Crippen MR) is 99.9 cm³/mol. The first kappa shape index (κ1) is 22.3. The lowest BCUT2D eigenvalue weighted by Crippen LogP contribution is -1.87. The fraction of sp³-hybridized carbons (Fsp3) is 0.684. The Kier molecular flexibility index (Phi) is 15.7. The molecule has 23 heavy (non-hydrogen) atoms. The highest BCUT2D eigenvalue weighted by Crippen LogP contribution is 2.48. The van der Waals surface area contributed by atoms with Crippen molar-refractivity contribution in [3.05, 3.63) is 36.5 Å². The first-order valence-electron chi connectivity index (χ1n) is 8.92. The van der Waals surface area contributed by atoms with Gasteiger partial charge in [0, 0.05) is 7.11 Å². The summed E-state index contributed by atoms with van der Waals surface area (Å²) >= 11 is 0. The standard InChI is InChI=1S/C19H34FO2P/c1-3-4-5-6-7-8-9-10-11-12-13-14-15-16-17-18-19-23(20,21)22-2/h7-8,10-11,13-14H,3-6,9,12,15-19H2,1-2H3/b8-7-,11-10-,14-13-. The van der Waals surface area contributed by atoms with Crippen LogP contribution < -0.4 is 0 Å². The third-order valence-electron chi connectivity index (χ3n) is 3.59. The van der Waals surface area contributed by atoms with Gasteiger partial charge in [0.2, 0.25) is 0 Å². The molecule has 1 atom stereocenters. The van der Waals surface area contributed by atoms with Gasteiger partial charge < -0.3 is 4.52 Å². The zero-order valence-corrected chi connectivity index (χ0v) is 15.8. The first-order chi connectivity index (χ1) is 11.1. The molecule has 0 aliphatic rings. The molecule has 0 rings (SSSR count). The van der Waals surface area contributed by atoms with Crippen molar-refractivity contribution in [1.29, 1.82) is 0 Å². The highest BCUT2D eigenvalue weighted by atomic mass is 31.2. The number of hydrogen-bond donors (Lipinski definition) is 0. The van der Waals surface area contributed by atoms with E-state index < -0.39 is 7.68 Å². The minimum atomic E-state index is -3.79. The highest BCUT2D eigenvalue weighted by molar-refractivity contribution is 7.53. The lowest BCUT2D eigenvalue weighted by molar-refractivity contribution is 0.354. The molecule has 0 aliphatic carbocycles. The summed E-state index contributed by atoms with van der Waals surface area (Å²) in [6.07, 6.45) is 23.9. The summed E-state index contributed by atoms with van der Waals surface area (Å²) in [6, 6.07) is 0. The van der Waals surface area contributed by atoms with E-state index in [0.717, 1.165) is 32.1 Å². The van der Waals surface area contributed by atoms with Crippen LogP contribution in [-0.4, -0.2) is 13.3 Å². The molecule has 0 fully saturated rings. The summed E-state index contributed by atoms with van der Waals surface area (Å²) in [7, 11) is -2.63. The normalized spacial score (nSPS) is 15.1. The Morgan fingerprint density at radius 1 is 0.826 bits per heavy atom. The van der Waals surface area contributed by atoms with E-state index >= 15 is 0 Å². The lowest BCUT2D eigenvalue weighted by Gasteiger charge is -2.04. The number of hydrogen-bond acceptors (Lipinski definition) is 2. The third-order valence-corrected chi connectivity index (χ3v) is 4.98. The number of unbranched alkanes of at least 4 members (excludes halogenated alkanes) is 6. The molecule has 2 nitrogen and oxygen atoms in total. The summed E-state index contributed by atoms with van der Waals surface area (Å²) in [4.78, 5) is 0. The van der Waals surface area contributed by atoms with Crippen LogP contribution in [0.5, 0.6) is 0 Å². The van der Waals surface area contributed by atoms with E-state index in [-0.39, 0.29) is 6.16 Å². The Balaban J connectivity index is 3.40. The maximum Gasteiger partial charge on any atom is 0.367 e. The number of allylic oxidation sites excluding steroid dienone is 6. The number of halogens is 1. The number of rotatable bonds is 15. The average molecular weight is 344 g/mol. The SMILES string of the molecule is CCCCC/C=C\C/C=C\C/C=C\CCCCCP(=O)(F)OC. The molecule has 0 N–H and O–H groups in total. The summed E-state index contributed by atoms with van der Waals surface area (Å²) < 4.78 is 28.3. The molecule has 0 saturated heterocycles. The minimum absolute atomic E-state index is 0.0436. The second kappa shape index (κ2) is 16.2. The molecule has 4 heteroatoms. The van der Waals surface area contributed by atoms with Crippen molar-refractivity contribution >= 4 is 7.68 Å². The van der Waals surface area contributed by atoms with Gasteiger partial charge in [-0.05, 0) is 44.9 Å². The second-order valence-electron chi connectivity index (χ2n) is 5.73. The molecule has 0 aromatic rings. The molecule has 134 valence electrons. The van der Waals surface area contributed by atoms with E-state index in [4.69, 9.17) is 0 Å². The van der Waals surface area contributed by atoms with Gasteiger partial charge in [0.1, 0.15) is 0 Å². The molecule has 0 saturated carbocycles. The van der Waals surface area contributed by atoms with Crippen molar-refractivity contribution < 1.29 is 13.3 Å². The van der Waals surface area contributed by atoms with Crippen molar-refractivity contribution in [3.8, 4) is 0 Å². The minimum Gasteiger partial charge on any atom is -0.309 e. The molecule has 0 amide bonds. The summed E-state index contributed by atoms with van der Waals surface area (Å²) in [5.41, 5.74) is 0. The second-order valence-corrected chi connectivity index (χ2v) is 7.72. The van der Waals surface area contributed by atoms with E-state index in [2.05, 4.69) is 47.9 Å². The molecule has 0 bridgehead atoms. The van der Waals surface area contributed by atoms with Crippen LogP contribution in [0.4, 0.5) is 4.20 Å². The summed E-state index contributed by atoms with van der Waals surface area (Å²) in [6.45, 7) is 2.23. The smallest absolute Gasteiger partial charge is 0.309 e. The van der Waals surface area contributed by atoms with Crippen molar-refractivity contribution in [1.82, 2.24) is 0 Å². The molecule has 0 aromatic carbocycles. The molecule has 1 unspecified atom stereocenters. The quantitative estimate of drug-likeness (QED) is 0.176. The third kappa shape index (κ3) is 17.5. The summed E-state index contributed by atoms with van der Waals surface area (Å²) in [5, 5.41) is 0. The largest absolute Gasteiger partial charge is 0.367 e. The van der Waals surface area contributed by atoms with Gasteiger partial charge in [0.25, 0.3) is 0 Å². The van der Waals surface area contributed by atoms with Crippen molar-refractivity contribution in [2.24, 2.45) is 0 Å². The van der Waals surface area contributed by atoms with Crippen LogP contribution in [0.25, 0.3) is 0 Å². The summed E-state index contributed by atoms with van der Waals surface area (Å²) in [5.74, 6) is 0. The van der Waals surface area contributed by atoms with E-state index in [9.17, 15) is 8.76 Å². The molecular weight excluding hydrogens is 310 g/mol. The van der Waals surface area contributed by atoms with E-state index in [1.54, 1.807) is 0 Å². The Morgan fingerprint density at radius 3 is 1.87 bits per heavy atom. The zero-order chi connectivity index (χ0) is 17.2. The van der Waals surface area contributed by atoms with Gasteiger partial charge in [-0.1, -0.05) is 62.6 Å². The van der Waals surface area contributed by atoms with Gasteiger partial charge in [0.05, 0.1) is 6.16 Å². The fourth-order valence-corrected chi connectivity index (χ4v) is 2.90. The molecule has 0 heterocycles. The van der Waals surface area contributed by atoms with Gasteiger partial charge in [-0.3, -0.25) is 4.57 Å². The molecule has 0 aliphatic heterocycles. The maximum atomic E-state index is 13.0. The van der Waals surface area contributed by atoms with Crippen molar-refractivity contribution in [2.75, 3.05) is 13.3 Å². The fourth-order valence-electron chi connectivity index (χ4n) is 2.12. The van der Waals surface area contributed by atoms with Gasteiger partial charge in [-0.25, -0.2) is 0 Å². The molecular formula is C19H34FO2P. The highest BCUT2D eigenvalue weighted by Gasteiger charge is 2.18. The molecule has 0 radical (unpaired) electrons. The Bertz CT molecular complexity index is 389. The predicted octanol–water partition coefficient (Wildman–Crippen LogP) is 7.38. The molecule has 0 spiro atoms.